The van der Waals surface area contributed by atoms with Gasteiger partial charge < -0.3 is 19.0 Å². The fourth-order valence-electron chi connectivity index (χ4n) is 2.75. The molecule has 0 aromatic carbocycles. The predicted molar refractivity (Wildman–Crippen MR) is 73.9 cm³/mol. The van der Waals surface area contributed by atoms with Crippen LogP contribution >= 0.6 is 0 Å². The van der Waals surface area contributed by atoms with Crippen LogP contribution in [0.25, 0.3) is 0 Å². The standard InChI is InChI=1S/C11H21NO3.C3H6O2/c1-13-11(14-2)6-7-12(15-3)8-10(11)9-4-5-9;1-2-5-3-4/h9-10H,4-8H2,1-3H3;3H,2H2,1H3. The van der Waals surface area contributed by atoms with E-state index >= 15 is 0 Å². The Hall–Kier alpha value is -0.690. The number of ether oxygens (including phenoxy) is 3. The molecule has 0 aromatic rings. The van der Waals surface area contributed by atoms with Gasteiger partial charge in [0.05, 0.1) is 13.7 Å². The van der Waals surface area contributed by atoms with Gasteiger partial charge >= 0.3 is 0 Å². The molecule has 0 amide bonds. The Labute approximate surface area is 121 Å². The van der Waals surface area contributed by atoms with Crippen molar-refractivity contribution in [2.75, 3.05) is 41.0 Å². The monoisotopic (exact) mass is 289 g/mol. The molecular formula is C14H27NO5. The van der Waals surface area contributed by atoms with Crippen molar-refractivity contribution in [2.45, 2.75) is 32.0 Å². The van der Waals surface area contributed by atoms with Crippen LogP contribution in [-0.4, -0.2) is 58.3 Å². The van der Waals surface area contributed by atoms with Crippen LogP contribution in [0.5, 0.6) is 0 Å². The number of hydrogen-bond donors (Lipinski definition) is 0. The summed E-state index contributed by atoms with van der Waals surface area (Å²) in [5.74, 6) is 0.819. The van der Waals surface area contributed by atoms with Gasteiger partial charge in [-0.15, -0.1) is 0 Å². The first kappa shape index (κ1) is 17.4. The Bertz CT molecular complexity index is 279. The van der Waals surface area contributed by atoms with Crippen LogP contribution in [0.1, 0.15) is 26.2 Å². The highest BCUT2D eigenvalue weighted by molar-refractivity contribution is 5.36. The van der Waals surface area contributed by atoms with Crippen LogP contribution < -0.4 is 0 Å². The lowest BCUT2D eigenvalue weighted by Gasteiger charge is -2.45. The summed E-state index contributed by atoms with van der Waals surface area (Å²) in [6, 6.07) is 0. The summed E-state index contributed by atoms with van der Waals surface area (Å²) in [6.45, 7) is 4.46. The second-order valence-corrected chi connectivity index (χ2v) is 5.04. The molecule has 1 atom stereocenters. The Morgan fingerprint density at radius 3 is 2.25 bits per heavy atom. The van der Waals surface area contributed by atoms with Crippen LogP contribution in [0.3, 0.4) is 0 Å². The lowest BCUT2D eigenvalue weighted by molar-refractivity contribution is -0.295. The fraction of sp³-hybridized carbons (Fsp3) is 0.929. The van der Waals surface area contributed by atoms with Crippen molar-refractivity contribution < 1.29 is 23.8 Å². The molecule has 0 spiro atoms. The molecular weight excluding hydrogens is 262 g/mol. The van der Waals surface area contributed by atoms with E-state index in [0.29, 0.717) is 19.0 Å². The van der Waals surface area contributed by atoms with Gasteiger partial charge in [-0.25, -0.2) is 0 Å². The van der Waals surface area contributed by atoms with E-state index in [0.717, 1.165) is 25.4 Å². The number of methoxy groups -OCH3 is 2. The summed E-state index contributed by atoms with van der Waals surface area (Å²) in [5.41, 5.74) is 0. The van der Waals surface area contributed by atoms with Crippen molar-refractivity contribution in [3.63, 3.8) is 0 Å². The Balaban J connectivity index is 0.000000347. The quantitative estimate of drug-likeness (QED) is 0.545. The number of hydrogen-bond acceptors (Lipinski definition) is 6. The first-order valence-corrected chi connectivity index (χ1v) is 7.12. The molecule has 6 nitrogen and oxygen atoms in total. The maximum absolute atomic E-state index is 9.18. The van der Waals surface area contributed by atoms with Gasteiger partial charge in [-0.1, -0.05) is 0 Å². The van der Waals surface area contributed by atoms with Crippen LogP contribution in [0.4, 0.5) is 0 Å². The molecule has 1 aliphatic carbocycles. The van der Waals surface area contributed by atoms with E-state index in [4.69, 9.17) is 14.3 Å². The van der Waals surface area contributed by atoms with Gasteiger partial charge in [0, 0.05) is 39.6 Å². The molecule has 1 unspecified atom stereocenters. The van der Waals surface area contributed by atoms with E-state index in [-0.39, 0.29) is 5.79 Å². The topological polar surface area (TPSA) is 57.2 Å². The zero-order chi connectivity index (χ0) is 15.0. The van der Waals surface area contributed by atoms with Gasteiger partial charge in [0.25, 0.3) is 6.47 Å². The maximum Gasteiger partial charge on any atom is 0.293 e. The van der Waals surface area contributed by atoms with Crippen molar-refractivity contribution in [2.24, 2.45) is 11.8 Å². The molecule has 1 heterocycles. The predicted octanol–water partition coefficient (Wildman–Crippen LogP) is 1.45. The maximum atomic E-state index is 9.18. The zero-order valence-corrected chi connectivity index (χ0v) is 13.0. The molecule has 0 bridgehead atoms. The first-order valence-electron chi connectivity index (χ1n) is 7.12. The van der Waals surface area contributed by atoms with E-state index in [9.17, 15) is 4.79 Å². The van der Waals surface area contributed by atoms with E-state index < -0.39 is 0 Å². The molecule has 1 saturated carbocycles. The summed E-state index contributed by atoms with van der Waals surface area (Å²) in [6.07, 6.45) is 3.49. The van der Waals surface area contributed by atoms with Gasteiger partial charge in [-0.3, -0.25) is 4.79 Å². The smallest absolute Gasteiger partial charge is 0.293 e. The van der Waals surface area contributed by atoms with Crippen molar-refractivity contribution in [1.29, 1.82) is 0 Å². The average molecular weight is 289 g/mol. The Morgan fingerprint density at radius 1 is 1.25 bits per heavy atom. The van der Waals surface area contributed by atoms with Crippen LogP contribution in [0.15, 0.2) is 0 Å². The molecule has 1 saturated heterocycles. The van der Waals surface area contributed by atoms with Gasteiger partial charge in [-0.2, -0.15) is 5.06 Å². The minimum absolute atomic E-state index is 0.379. The second kappa shape index (κ2) is 8.56. The Kier molecular flexibility index (Phi) is 7.43. The third-order valence-corrected chi connectivity index (χ3v) is 4.05. The second-order valence-electron chi connectivity index (χ2n) is 5.04. The van der Waals surface area contributed by atoms with Crippen LogP contribution in [0, 0.1) is 11.8 Å². The SMILES string of the molecule is CCOC=O.CON1CCC(OC)(OC)C(C2CC2)C1. The largest absolute Gasteiger partial charge is 0.468 e. The van der Waals surface area contributed by atoms with Crippen LogP contribution in [-0.2, 0) is 23.8 Å². The van der Waals surface area contributed by atoms with E-state index in [1.165, 1.54) is 12.8 Å². The van der Waals surface area contributed by atoms with E-state index in [1.807, 2.05) is 5.06 Å². The normalized spacial score (nSPS) is 25.5. The number of hydroxylamine groups is 2. The van der Waals surface area contributed by atoms with Crippen molar-refractivity contribution in [3.8, 4) is 0 Å². The van der Waals surface area contributed by atoms with Crippen LogP contribution in [0.2, 0.25) is 0 Å². The van der Waals surface area contributed by atoms with Crippen molar-refractivity contribution in [1.82, 2.24) is 5.06 Å². The van der Waals surface area contributed by atoms with Crippen molar-refractivity contribution in [3.05, 3.63) is 0 Å². The van der Waals surface area contributed by atoms with Gasteiger partial charge in [0.1, 0.15) is 0 Å². The average Bonchev–Trinajstić information content (AvgIpc) is 3.32. The molecule has 6 heteroatoms. The molecule has 0 radical (unpaired) electrons. The molecule has 2 aliphatic rings. The lowest BCUT2D eigenvalue weighted by atomic mass is 9.87. The summed E-state index contributed by atoms with van der Waals surface area (Å²) in [5, 5.41) is 2.01. The third-order valence-electron chi connectivity index (χ3n) is 4.05. The number of piperidine rings is 1. The molecule has 0 aromatic heterocycles. The first-order chi connectivity index (χ1) is 9.67. The molecule has 0 N–H and O–H groups in total. The zero-order valence-electron chi connectivity index (χ0n) is 13.0. The highest BCUT2D eigenvalue weighted by atomic mass is 16.7. The van der Waals surface area contributed by atoms with E-state index in [2.05, 4.69) is 4.74 Å². The molecule has 2 fully saturated rings. The van der Waals surface area contributed by atoms with Crippen molar-refractivity contribution >= 4 is 6.47 Å². The number of carbonyl (C=O) groups is 1. The molecule has 20 heavy (non-hydrogen) atoms. The lowest BCUT2D eigenvalue weighted by Crippen LogP contribution is -2.54. The highest BCUT2D eigenvalue weighted by Gasteiger charge is 2.50. The minimum Gasteiger partial charge on any atom is -0.468 e. The summed E-state index contributed by atoms with van der Waals surface area (Å²) in [7, 11) is 5.24. The number of nitrogens with zero attached hydrogens (tertiary/aromatic N) is 1. The number of carbonyl (C=O) groups excluding carboxylic acids is 1. The fourth-order valence-corrected chi connectivity index (χ4v) is 2.75. The van der Waals surface area contributed by atoms with E-state index in [1.54, 1.807) is 28.3 Å². The third kappa shape index (κ3) is 4.41. The van der Waals surface area contributed by atoms with Gasteiger partial charge in [0.15, 0.2) is 5.79 Å². The number of rotatable bonds is 6. The summed E-state index contributed by atoms with van der Waals surface area (Å²) in [4.78, 5) is 14.5. The molecule has 1 aliphatic heterocycles. The Morgan fingerprint density at radius 2 is 1.90 bits per heavy atom. The highest BCUT2D eigenvalue weighted by Crippen LogP contribution is 2.47. The molecule has 2 rings (SSSR count). The summed E-state index contributed by atoms with van der Waals surface area (Å²) >= 11 is 0. The summed E-state index contributed by atoms with van der Waals surface area (Å²) < 4.78 is 15.4. The van der Waals surface area contributed by atoms with Gasteiger partial charge in [-0.05, 0) is 25.7 Å². The molecule has 118 valence electrons. The minimum atomic E-state index is -0.379. The van der Waals surface area contributed by atoms with Gasteiger partial charge in [0.2, 0.25) is 0 Å².